The molecule has 4 aromatic rings. The second-order valence-corrected chi connectivity index (χ2v) is 11.3. The molecule has 40 heavy (non-hydrogen) atoms. The summed E-state index contributed by atoms with van der Waals surface area (Å²) in [5, 5.41) is 7.13. The van der Waals surface area contributed by atoms with Gasteiger partial charge in [-0.05, 0) is 29.7 Å². The van der Waals surface area contributed by atoms with Crippen LogP contribution in [0.15, 0.2) is 78.9 Å². The third kappa shape index (κ3) is 4.80. The highest BCUT2D eigenvalue weighted by atomic mass is 32.1. The third-order valence-corrected chi connectivity index (χ3v) is 8.45. The Morgan fingerprint density at radius 3 is 2.50 bits per heavy atom. The molecule has 2 saturated heterocycles. The molecule has 0 bridgehead atoms. The normalized spacial score (nSPS) is 19.2. The lowest BCUT2D eigenvalue weighted by Crippen LogP contribution is -2.62. The summed E-state index contributed by atoms with van der Waals surface area (Å²) in [5.74, 6) is -0.329. The molecule has 3 aromatic carbocycles. The number of thiazole rings is 1. The molecule has 0 spiro atoms. The molecule has 4 amide bonds. The number of urea groups is 1. The summed E-state index contributed by atoms with van der Waals surface area (Å²) in [6, 6.07) is 24.0. The molecule has 2 aliphatic rings. The van der Waals surface area contributed by atoms with E-state index in [1.165, 1.54) is 5.01 Å². The predicted molar refractivity (Wildman–Crippen MR) is 153 cm³/mol. The highest BCUT2D eigenvalue weighted by Gasteiger charge is 2.52. The average Bonchev–Trinajstić information content (AvgIpc) is 3.52. The highest BCUT2D eigenvalue weighted by Crippen LogP contribution is 2.36. The van der Waals surface area contributed by atoms with Crippen LogP contribution in [-0.2, 0) is 22.7 Å². The quantitative estimate of drug-likeness (QED) is 0.390. The van der Waals surface area contributed by atoms with Gasteiger partial charge in [-0.15, -0.1) is 11.3 Å². The molecule has 0 saturated carbocycles. The molecule has 1 N–H and O–H groups in total. The summed E-state index contributed by atoms with van der Waals surface area (Å²) >= 11 is 1.63. The van der Waals surface area contributed by atoms with E-state index in [2.05, 4.69) is 5.32 Å². The van der Waals surface area contributed by atoms with Crippen LogP contribution in [0.2, 0.25) is 0 Å². The van der Waals surface area contributed by atoms with Crippen LogP contribution < -0.4 is 5.32 Å². The maximum atomic E-state index is 14.0. The van der Waals surface area contributed by atoms with Crippen molar-refractivity contribution in [3.8, 4) is 0 Å². The number of hydrogen-bond donors (Lipinski definition) is 1. The lowest BCUT2D eigenvalue weighted by molar-refractivity contribution is -0.157. The number of aryl methyl sites for hydroxylation is 1. The van der Waals surface area contributed by atoms with Gasteiger partial charge in [0.1, 0.15) is 12.2 Å². The van der Waals surface area contributed by atoms with E-state index < -0.39 is 12.2 Å². The zero-order valence-corrected chi connectivity index (χ0v) is 23.2. The molecule has 2 fully saturated rings. The van der Waals surface area contributed by atoms with Crippen LogP contribution in [0.4, 0.5) is 4.79 Å². The minimum Gasteiger partial charge on any atom is -0.333 e. The molecule has 2 atom stereocenters. The zero-order chi connectivity index (χ0) is 27.8. The van der Waals surface area contributed by atoms with Crippen LogP contribution in [-0.4, -0.2) is 69.0 Å². The average molecular weight is 555 g/mol. The minimum absolute atomic E-state index is 0.00520. The van der Waals surface area contributed by atoms with Crippen molar-refractivity contribution in [2.45, 2.75) is 32.2 Å². The van der Waals surface area contributed by atoms with Crippen molar-refractivity contribution in [3.63, 3.8) is 0 Å². The summed E-state index contributed by atoms with van der Waals surface area (Å²) in [5.41, 5.74) is 3.58. The zero-order valence-electron chi connectivity index (χ0n) is 22.4. The summed E-state index contributed by atoms with van der Waals surface area (Å²) < 4.78 is 1.08. The van der Waals surface area contributed by atoms with Gasteiger partial charge in [-0.3, -0.25) is 14.6 Å². The van der Waals surface area contributed by atoms with E-state index in [9.17, 15) is 14.4 Å². The molecule has 0 aliphatic carbocycles. The first kappa shape index (κ1) is 26.0. The number of nitrogens with zero attached hydrogens (tertiary/aromatic N) is 5. The van der Waals surface area contributed by atoms with Crippen molar-refractivity contribution < 1.29 is 14.4 Å². The number of carbonyl (C=O) groups is 3. The van der Waals surface area contributed by atoms with E-state index >= 15 is 0 Å². The molecule has 204 valence electrons. The SMILES string of the molecule is Cc1nc2c(CN3C[C@H]4N(C(=O)CN4N(C)C(=O)NCc4ccccc4)[C@@H](c4ccccc4)C3=O)cccc2s1. The van der Waals surface area contributed by atoms with Gasteiger partial charge in [0.2, 0.25) is 5.91 Å². The van der Waals surface area contributed by atoms with Gasteiger partial charge < -0.3 is 15.1 Å². The van der Waals surface area contributed by atoms with Gasteiger partial charge in [0.15, 0.2) is 0 Å². The Morgan fingerprint density at radius 1 is 1.02 bits per heavy atom. The van der Waals surface area contributed by atoms with Gasteiger partial charge in [-0.2, -0.15) is 5.01 Å². The first-order chi connectivity index (χ1) is 19.4. The molecule has 1 aromatic heterocycles. The van der Waals surface area contributed by atoms with Crippen LogP contribution in [0.25, 0.3) is 10.2 Å². The molecular formula is C30H30N6O3S. The van der Waals surface area contributed by atoms with Gasteiger partial charge in [-0.1, -0.05) is 72.8 Å². The van der Waals surface area contributed by atoms with E-state index in [0.717, 1.165) is 31.9 Å². The fourth-order valence-corrected chi connectivity index (χ4v) is 6.43. The number of piperazine rings is 1. The van der Waals surface area contributed by atoms with E-state index in [0.29, 0.717) is 13.1 Å². The van der Waals surface area contributed by atoms with Crippen LogP contribution in [0.1, 0.15) is 27.7 Å². The van der Waals surface area contributed by atoms with Crippen molar-refractivity contribution in [1.82, 2.24) is 30.1 Å². The first-order valence-electron chi connectivity index (χ1n) is 13.2. The van der Waals surface area contributed by atoms with E-state index in [4.69, 9.17) is 4.98 Å². The van der Waals surface area contributed by atoms with Gasteiger partial charge in [0.25, 0.3) is 5.91 Å². The maximum Gasteiger partial charge on any atom is 0.332 e. The maximum absolute atomic E-state index is 14.0. The number of fused-ring (bicyclic) bond motifs is 2. The van der Waals surface area contributed by atoms with Crippen molar-refractivity contribution in [1.29, 1.82) is 0 Å². The predicted octanol–water partition coefficient (Wildman–Crippen LogP) is 3.92. The van der Waals surface area contributed by atoms with Gasteiger partial charge in [0, 0.05) is 20.1 Å². The summed E-state index contributed by atoms with van der Waals surface area (Å²) in [6.45, 7) is 2.98. The number of carbonyl (C=O) groups excluding carboxylic acids is 3. The molecule has 0 radical (unpaired) electrons. The molecular weight excluding hydrogens is 524 g/mol. The number of hydrogen-bond acceptors (Lipinski definition) is 6. The number of para-hydroxylation sites is 1. The number of hydrazine groups is 1. The lowest BCUT2D eigenvalue weighted by Gasteiger charge is -2.45. The smallest absolute Gasteiger partial charge is 0.332 e. The number of aromatic nitrogens is 1. The largest absolute Gasteiger partial charge is 0.333 e. The second-order valence-electron chi connectivity index (χ2n) is 10.1. The van der Waals surface area contributed by atoms with Crippen molar-refractivity contribution in [2.75, 3.05) is 20.1 Å². The fraction of sp³-hybridized carbons (Fsp3) is 0.267. The molecule has 10 heteroatoms. The van der Waals surface area contributed by atoms with E-state index in [-0.39, 0.29) is 30.9 Å². The minimum atomic E-state index is -0.783. The molecule has 2 aliphatic heterocycles. The highest BCUT2D eigenvalue weighted by molar-refractivity contribution is 7.18. The molecule has 0 unspecified atom stereocenters. The first-order valence-corrected chi connectivity index (χ1v) is 14.0. The Bertz CT molecular complexity index is 1560. The van der Waals surface area contributed by atoms with E-state index in [1.807, 2.05) is 85.8 Å². The number of benzene rings is 3. The van der Waals surface area contributed by atoms with Gasteiger partial charge in [-0.25, -0.2) is 9.78 Å². The Hall–Kier alpha value is -4.28. The number of rotatable bonds is 6. The molecule has 9 nitrogen and oxygen atoms in total. The van der Waals surface area contributed by atoms with Crippen LogP contribution >= 0.6 is 11.3 Å². The van der Waals surface area contributed by atoms with Crippen molar-refractivity contribution in [2.24, 2.45) is 0 Å². The second kappa shape index (κ2) is 10.7. The third-order valence-electron chi connectivity index (χ3n) is 7.51. The number of amides is 4. The Morgan fingerprint density at radius 2 is 1.75 bits per heavy atom. The Labute approximate surface area is 236 Å². The lowest BCUT2D eigenvalue weighted by atomic mass is 10.00. The van der Waals surface area contributed by atoms with Gasteiger partial charge in [0.05, 0.1) is 28.3 Å². The summed E-state index contributed by atoms with van der Waals surface area (Å²) in [6.07, 6.45) is -0.501. The Kier molecular flexibility index (Phi) is 6.95. The summed E-state index contributed by atoms with van der Waals surface area (Å²) in [4.78, 5) is 48.8. The topological polar surface area (TPSA) is 89.1 Å². The standard InChI is InChI=1S/C30H30N6O3S/c1-20-32-27-23(14-9-15-24(27)40-20)17-34-18-25-35(33(2)30(39)31-16-21-10-5-3-6-11-21)19-26(37)36(25)28(29(34)38)22-12-7-4-8-13-22/h3-15,25,28H,16-19H2,1-2H3,(H,31,39)/t25-,28+/m1/s1. The Balaban J connectivity index is 1.30. The van der Waals surface area contributed by atoms with Crippen LogP contribution in [0.5, 0.6) is 0 Å². The van der Waals surface area contributed by atoms with Crippen molar-refractivity contribution >= 4 is 39.4 Å². The molecule has 6 rings (SSSR count). The van der Waals surface area contributed by atoms with Gasteiger partial charge >= 0.3 is 6.03 Å². The molecule has 3 heterocycles. The van der Waals surface area contributed by atoms with Crippen LogP contribution in [0, 0.1) is 6.92 Å². The summed E-state index contributed by atoms with van der Waals surface area (Å²) in [7, 11) is 1.66. The van der Waals surface area contributed by atoms with E-state index in [1.54, 1.807) is 33.2 Å². The van der Waals surface area contributed by atoms with Crippen molar-refractivity contribution in [3.05, 3.63) is 101 Å². The fourth-order valence-electron chi connectivity index (χ4n) is 5.55. The monoisotopic (exact) mass is 554 g/mol. The van der Waals surface area contributed by atoms with Crippen LogP contribution in [0.3, 0.4) is 0 Å². The number of nitrogens with one attached hydrogen (secondary N) is 1.